The number of rotatable bonds is 4. The Morgan fingerprint density at radius 3 is 2.43 bits per heavy atom. The van der Waals surface area contributed by atoms with Crippen molar-refractivity contribution < 1.29 is 9.59 Å². The molecule has 5 heteroatoms. The number of likely N-dealkylation sites (N-methyl/N-ethyl adjacent to an activating group) is 1. The van der Waals surface area contributed by atoms with E-state index < -0.39 is 0 Å². The number of nitrogens with zero attached hydrogens (tertiary/aromatic N) is 1. The van der Waals surface area contributed by atoms with E-state index in [9.17, 15) is 9.59 Å². The molecule has 0 spiro atoms. The molecule has 0 radical (unpaired) electrons. The molecule has 0 aromatic heterocycles. The molecule has 116 valence electrons. The Bertz CT molecular complexity index is 488. The molecule has 0 saturated carbocycles. The molecular weight excluding hydrogens is 288 g/mol. The third-order valence-electron chi connectivity index (χ3n) is 3.89. The van der Waals surface area contributed by atoms with E-state index in [2.05, 4.69) is 5.32 Å². The van der Waals surface area contributed by atoms with Crippen molar-refractivity contribution in [1.29, 1.82) is 0 Å². The third-order valence-corrected chi connectivity index (χ3v) is 3.89. The first kappa shape index (κ1) is 17.7. The fourth-order valence-corrected chi connectivity index (χ4v) is 2.58. The zero-order chi connectivity index (χ0) is 14.5. The first-order valence-electron chi connectivity index (χ1n) is 7.25. The lowest BCUT2D eigenvalue weighted by molar-refractivity contribution is 0.0698. The van der Waals surface area contributed by atoms with Crippen LogP contribution in [0.4, 0.5) is 0 Å². The largest absolute Gasteiger partial charge is 0.337 e. The second kappa shape index (κ2) is 8.15. The summed E-state index contributed by atoms with van der Waals surface area (Å²) in [6, 6.07) is 7.40. The second-order valence-corrected chi connectivity index (χ2v) is 5.23. The van der Waals surface area contributed by atoms with Gasteiger partial charge in [-0.25, -0.2) is 0 Å². The van der Waals surface area contributed by atoms with Gasteiger partial charge in [0.15, 0.2) is 5.78 Å². The number of nitrogens with one attached hydrogen (secondary N) is 1. The van der Waals surface area contributed by atoms with Crippen LogP contribution in [0.3, 0.4) is 0 Å². The van der Waals surface area contributed by atoms with Crippen molar-refractivity contribution in [2.24, 2.45) is 0 Å². The van der Waals surface area contributed by atoms with Gasteiger partial charge in [0.2, 0.25) is 0 Å². The Morgan fingerprint density at radius 2 is 1.86 bits per heavy atom. The molecule has 1 unspecified atom stereocenters. The van der Waals surface area contributed by atoms with E-state index in [0.717, 1.165) is 25.9 Å². The molecule has 1 aromatic rings. The molecule has 0 bridgehead atoms. The first-order valence-corrected chi connectivity index (χ1v) is 7.25. The van der Waals surface area contributed by atoms with E-state index in [1.807, 2.05) is 18.9 Å². The highest BCUT2D eigenvalue weighted by molar-refractivity contribution is 5.98. The standard InChI is InChI=1S/C16H22N2O2.ClH/c1-3-15(19)12-6-8-13(9-7-12)16(20)18-10-4-5-14(11-18)17-2;/h6-9,14,17H,3-5,10-11H2,1-2H3;1H. The number of hydrogen-bond acceptors (Lipinski definition) is 3. The summed E-state index contributed by atoms with van der Waals surface area (Å²) in [5.74, 6) is 0.165. The van der Waals surface area contributed by atoms with Gasteiger partial charge in [-0.3, -0.25) is 9.59 Å². The highest BCUT2D eigenvalue weighted by atomic mass is 35.5. The molecule has 1 saturated heterocycles. The van der Waals surface area contributed by atoms with Crippen molar-refractivity contribution in [1.82, 2.24) is 10.2 Å². The predicted octanol–water partition coefficient (Wildman–Crippen LogP) is 2.53. The van der Waals surface area contributed by atoms with E-state index in [1.54, 1.807) is 24.3 Å². The topological polar surface area (TPSA) is 49.4 Å². The normalized spacial score (nSPS) is 18.0. The van der Waals surface area contributed by atoms with Crippen molar-refractivity contribution in [2.75, 3.05) is 20.1 Å². The third kappa shape index (κ3) is 4.29. The van der Waals surface area contributed by atoms with Gasteiger partial charge in [-0.2, -0.15) is 0 Å². The Labute approximate surface area is 132 Å². The Hall–Kier alpha value is -1.39. The molecule has 1 aromatic carbocycles. The SMILES string of the molecule is CCC(=O)c1ccc(C(=O)N2CCCC(NC)C2)cc1.Cl. The monoisotopic (exact) mass is 310 g/mol. The number of amides is 1. The Kier molecular flexibility index (Phi) is 6.85. The van der Waals surface area contributed by atoms with Gasteiger partial charge < -0.3 is 10.2 Å². The highest BCUT2D eigenvalue weighted by Crippen LogP contribution is 2.15. The van der Waals surface area contributed by atoms with Gasteiger partial charge in [-0.05, 0) is 32.0 Å². The van der Waals surface area contributed by atoms with Gasteiger partial charge in [0.1, 0.15) is 0 Å². The van der Waals surface area contributed by atoms with Crippen LogP contribution < -0.4 is 5.32 Å². The van der Waals surface area contributed by atoms with Gasteiger partial charge in [0.05, 0.1) is 0 Å². The summed E-state index contributed by atoms with van der Waals surface area (Å²) in [4.78, 5) is 25.9. The summed E-state index contributed by atoms with van der Waals surface area (Å²) in [6.45, 7) is 3.41. The maximum Gasteiger partial charge on any atom is 0.253 e. The number of carbonyl (C=O) groups excluding carboxylic acids is 2. The average Bonchev–Trinajstić information content (AvgIpc) is 2.53. The molecule has 0 aliphatic carbocycles. The van der Waals surface area contributed by atoms with Crippen LogP contribution in [0.2, 0.25) is 0 Å². The lowest BCUT2D eigenvalue weighted by Crippen LogP contribution is -2.46. The molecular formula is C16H23ClN2O2. The van der Waals surface area contributed by atoms with Gasteiger partial charge in [-0.15, -0.1) is 12.4 Å². The zero-order valence-electron chi connectivity index (χ0n) is 12.6. The number of piperidine rings is 1. The number of ketones is 1. The lowest BCUT2D eigenvalue weighted by Gasteiger charge is -2.32. The number of benzene rings is 1. The van der Waals surface area contributed by atoms with E-state index >= 15 is 0 Å². The number of carbonyl (C=O) groups is 2. The van der Waals surface area contributed by atoms with Crippen LogP contribution in [0.15, 0.2) is 24.3 Å². The van der Waals surface area contributed by atoms with Crippen LogP contribution in [0.25, 0.3) is 0 Å². The minimum absolute atomic E-state index is 0. The van der Waals surface area contributed by atoms with Crippen LogP contribution in [-0.4, -0.2) is 42.8 Å². The van der Waals surface area contributed by atoms with Gasteiger partial charge in [0.25, 0.3) is 5.91 Å². The molecule has 1 heterocycles. The van der Waals surface area contributed by atoms with Crippen LogP contribution >= 0.6 is 12.4 Å². The van der Waals surface area contributed by atoms with E-state index in [4.69, 9.17) is 0 Å². The molecule has 1 N–H and O–H groups in total. The van der Waals surface area contributed by atoms with Gasteiger partial charge in [-0.1, -0.05) is 19.1 Å². The van der Waals surface area contributed by atoms with E-state index in [-0.39, 0.29) is 24.1 Å². The minimum Gasteiger partial charge on any atom is -0.337 e. The molecule has 1 atom stereocenters. The zero-order valence-corrected chi connectivity index (χ0v) is 13.4. The quantitative estimate of drug-likeness (QED) is 0.869. The Morgan fingerprint density at radius 1 is 1.24 bits per heavy atom. The molecule has 2 rings (SSSR count). The van der Waals surface area contributed by atoms with Crippen molar-refractivity contribution in [2.45, 2.75) is 32.2 Å². The smallest absolute Gasteiger partial charge is 0.253 e. The minimum atomic E-state index is 0. The van der Waals surface area contributed by atoms with Crippen molar-refractivity contribution in [3.63, 3.8) is 0 Å². The van der Waals surface area contributed by atoms with Crippen molar-refractivity contribution in [3.05, 3.63) is 35.4 Å². The second-order valence-electron chi connectivity index (χ2n) is 5.23. The maximum atomic E-state index is 12.4. The van der Waals surface area contributed by atoms with Gasteiger partial charge in [0, 0.05) is 36.7 Å². The molecule has 21 heavy (non-hydrogen) atoms. The number of Topliss-reactive ketones (excluding diaryl/α,β-unsaturated/α-hetero) is 1. The van der Waals surface area contributed by atoms with E-state index in [0.29, 0.717) is 23.6 Å². The number of likely N-dealkylation sites (tertiary alicyclic amines) is 1. The first-order chi connectivity index (χ1) is 9.65. The van der Waals surface area contributed by atoms with E-state index in [1.165, 1.54) is 0 Å². The predicted molar refractivity (Wildman–Crippen MR) is 86.3 cm³/mol. The molecule has 4 nitrogen and oxygen atoms in total. The van der Waals surface area contributed by atoms with Crippen molar-refractivity contribution in [3.8, 4) is 0 Å². The van der Waals surface area contributed by atoms with Crippen molar-refractivity contribution >= 4 is 24.1 Å². The molecule has 1 aliphatic heterocycles. The summed E-state index contributed by atoms with van der Waals surface area (Å²) in [7, 11) is 1.93. The van der Waals surface area contributed by atoms with Crippen LogP contribution in [0.1, 0.15) is 46.9 Å². The summed E-state index contributed by atoms with van der Waals surface area (Å²) < 4.78 is 0. The lowest BCUT2D eigenvalue weighted by atomic mass is 10.0. The number of hydrogen-bond donors (Lipinski definition) is 1. The summed E-state index contributed by atoms with van der Waals surface area (Å²) in [6.07, 6.45) is 2.64. The fourth-order valence-electron chi connectivity index (χ4n) is 2.58. The highest BCUT2D eigenvalue weighted by Gasteiger charge is 2.23. The van der Waals surface area contributed by atoms with Crippen LogP contribution in [0, 0.1) is 0 Å². The summed E-state index contributed by atoms with van der Waals surface area (Å²) in [5, 5.41) is 3.23. The maximum absolute atomic E-state index is 12.4. The van der Waals surface area contributed by atoms with Crippen LogP contribution in [0.5, 0.6) is 0 Å². The molecule has 1 amide bonds. The molecule has 1 aliphatic rings. The summed E-state index contributed by atoms with van der Waals surface area (Å²) >= 11 is 0. The average molecular weight is 311 g/mol. The molecule has 1 fully saturated rings. The number of halogens is 1. The fraction of sp³-hybridized carbons (Fsp3) is 0.500. The Balaban J connectivity index is 0.00000220. The van der Waals surface area contributed by atoms with Crippen LogP contribution in [-0.2, 0) is 0 Å². The summed E-state index contributed by atoms with van der Waals surface area (Å²) in [5.41, 5.74) is 1.34. The van der Waals surface area contributed by atoms with Gasteiger partial charge >= 0.3 is 0 Å².